The van der Waals surface area contributed by atoms with E-state index in [9.17, 15) is 14.4 Å². The van der Waals surface area contributed by atoms with Crippen molar-refractivity contribution in [2.24, 2.45) is 10.8 Å². The molecule has 0 aromatic heterocycles. The first-order chi connectivity index (χ1) is 17.2. The fourth-order valence-electron chi connectivity index (χ4n) is 6.37. The molecule has 210 valence electrons. The van der Waals surface area contributed by atoms with Crippen molar-refractivity contribution in [2.75, 3.05) is 12.4 Å². The van der Waals surface area contributed by atoms with E-state index in [2.05, 4.69) is 53.8 Å². The maximum absolute atomic E-state index is 13.3. The number of hydrogen-bond acceptors (Lipinski definition) is 6. The van der Waals surface area contributed by atoms with E-state index >= 15 is 0 Å². The normalized spacial score (nSPS) is 21.9. The van der Waals surface area contributed by atoms with Crippen molar-refractivity contribution in [1.29, 1.82) is 0 Å². The van der Waals surface area contributed by atoms with Crippen LogP contribution in [-0.4, -0.2) is 47.2 Å². The van der Waals surface area contributed by atoms with Crippen molar-refractivity contribution in [1.82, 2.24) is 5.32 Å². The van der Waals surface area contributed by atoms with E-state index in [1.54, 1.807) is 18.7 Å². The summed E-state index contributed by atoms with van der Waals surface area (Å²) in [6.45, 7) is 19.0. The number of hydrogen-bond donors (Lipinski definition) is 1. The Morgan fingerprint density at radius 3 is 1.84 bits per heavy atom. The van der Waals surface area contributed by atoms with Crippen LogP contribution in [0.2, 0.25) is 0 Å². The maximum Gasteiger partial charge on any atom is 0.323 e. The number of rotatable bonds is 13. The van der Waals surface area contributed by atoms with Crippen LogP contribution in [0.15, 0.2) is 22.3 Å². The van der Waals surface area contributed by atoms with Crippen LogP contribution in [0, 0.1) is 10.8 Å². The Morgan fingerprint density at radius 2 is 1.38 bits per heavy atom. The molecule has 0 bridgehead atoms. The van der Waals surface area contributed by atoms with Gasteiger partial charge in [0.15, 0.2) is 11.6 Å². The van der Waals surface area contributed by atoms with E-state index in [1.807, 2.05) is 6.92 Å². The Kier molecular flexibility index (Phi) is 11.7. The second kappa shape index (κ2) is 13.6. The van der Waals surface area contributed by atoms with Crippen LogP contribution >= 0.6 is 11.8 Å². The molecule has 37 heavy (non-hydrogen) atoms. The van der Waals surface area contributed by atoms with E-state index in [1.165, 1.54) is 11.1 Å². The lowest BCUT2D eigenvalue weighted by Crippen LogP contribution is -2.46. The van der Waals surface area contributed by atoms with E-state index in [4.69, 9.17) is 4.74 Å². The van der Waals surface area contributed by atoms with Crippen LogP contribution in [0.1, 0.15) is 114 Å². The zero-order valence-corrected chi connectivity index (χ0v) is 25.7. The van der Waals surface area contributed by atoms with Gasteiger partial charge in [0.25, 0.3) is 0 Å². The molecule has 6 heteroatoms. The number of carbonyl (C=O) groups is 3. The highest BCUT2D eigenvalue weighted by molar-refractivity contribution is 7.99. The molecule has 0 fully saturated rings. The van der Waals surface area contributed by atoms with Gasteiger partial charge in [-0.25, -0.2) is 0 Å². The highest BCUT2D eigenvalue weighted by Crippen LogP contribution is 2.42. The van der Waals surface area contributed by atoms with Crippen LogP contribution in [0.4, 0.5) is 0 Å². The number of thioether (sulfide) groups is 1. The summed E-state index contributed by atoms with van der Waals surface area (Å²) < 4.78 is 5.34. The third-order valence-corrected chi connectivity index (χ3v) is 9.30. The summed E-state index contributed by atoms with van der Waals surface area (Å²) in [6.07, 6.45) is 7.15. The van der Waals surface area contributed by atoms with Gasteiger partial charge in [0.1, 0.15) is 6.04 Å². The van der Waals surface area contributed by atoms with Gasteiger partial charge in [-0.15, -0.1) is 0 Å². The summed E-state index contributed by atoms with van der Waals surface area (Å²) in [4.78, 5) is 39.3. The standard InChI is InChI=1S/C31H51NO4S/c1-10-36-29(35)24(32-22(4)17-25(33)27-20(2)13-11-15-30(27,6)7)19-37-23(5)18-26(34)28-21(3)14-12-16-31(28,8)9/h22-24,32H,10-19H2,1-9H3. The van der Waals surface area contributed by atoms with Gasteiger partial charge in [-0.05, 0) is 88.2 Å². The molecule has 1 N–H and O–H groups in total. The number of ether oxygens (including phenoxy) is 1. The number of ketones is 2. The van der Waals surface area contributed by atoms with Crippen molar-refractivity contribution in [2.45, 2.75) is 131 Å². The summed E-state index contributed by atoms with van der Waals surface area (Å²) in [7, 11) is 0. The maximum atomic E-state index is 13.3. The largest absolute Gasteiger partial charge is 0.465 e. The topological polar surface area (TPSA) is 72.5 Å². The highest BCUT2D eigenvalue weighted by Gasteiger charge is 2.35. The quantitative estimate of drug-likeness (QED) is 0.257. The van der Waals surface area contributed by atoms with Crippen molar-refractivity contribution in [3.05, 3.63) is 22.3 Å². The molecular weight excluding hydrogens is 482 g/mol. The first kappa shape index (κ1) is 31.8. The average Bonchev–Trinajstić information content (AvgIpc) is 2.75. The van der Waals surface area contributed by atoms with Crippen molar-refractivity contribution < 1.29 is 19.1 Å². The second-order valence-corrected chi connectivity index (χ2v) is 14.0. The highest BCUT2D eigenvalue weighted by atomic mass is 32.2. The lowest BCUT2D eigenvalue weighted by atomic mass is 9.70. The molecule has 3 atom stereocenters. The molecule has 0 heterocycles. The molecule has 0 radical (unpaired) electrons. The third kappa shape index (κ3) is 8.81. The Balaban J connectivity index is 2.01. The third-order valence-electron chi connectivity index (χ3n) is 8.04. The molecule has 0 amide bonds. The molecule has 2 rings (SSSR count). The van der Waals surface area contributed by atoms with Crippen LogP contribution in [0.5, 0.6) is 0 Å². The smallest absolute Gasteiger partial charge is 0.323 e. The minimum absolute atomic E-state index is 0.0680. The van der Waals surface area contributed by atoms with Crippen molar-refractivity contribution in [3.8, 4) is 0 Å². The Hall–Kier alpha value is -1.40. The lowest BCUT2D eigenvalue weighted by Gasteiger charge is -2.34. The van der Waals surface area contributed by atoms with E-state index in [0.717, 1.165) is 49.7 Å². The van der Waals surface area contributed by atoms with Crippen molar-refractivity contribution in [3.63, 3.8) is 0 Å². The summed E-state index contributed by atoms with van der Waals surface area (Å²) in [5, 5.41) is 3.45. The summed E-state index contributed by atoms with van der Waals surface area (Å²) >= 11 is 1.62. The first-order valence-electron chi connectivity index (χ1n) is 14.2. The zero-order valence-electron chi connectivity index (χ0n) is 24.8. The van der Waals surface area contributed by atoms with Crippen molar-refractivity contribution >= 4 is 29.3 Å². The summed E-state index contributed by atoms with van der Waals surface area (Å²) in [5.74, 6) is 0.615. The van der Waals surface area contributed by atoms with E-state index in [0.29, 0.717) is 25.2 Å². The second-order valence-electron chi connectivity index (χ2n) is 12.6. The van der Waals surface area contributed by atoms with Gasteiger partial charge in [-0.3, -0.25) is 14.4 Å². The molecule has 2 aliphatic carbocycles. The van der Waals surface area contributed by atoms with Crippen LogP contribution in [0.25, 0.3) is 0 Å². The zero-order chi connectivity index (χ0) is 28.0. The van der Waals surface area contributed by atoms with Crippen LogP contribution in [-0.2, 0) is 19.1 Å². The number of nitrogens with one attached hydrogen (secondary N) is 1. The molecule has 0 saturated carbocycles. The van der Waals surface area contributed by atoms with Gasteiger partial charge >= 0.3 is 5.97 Å². The SMILES string of the molecule is CCOC(=O)C(CSC(C)CC(=O)C1=C(C)CCCC1(C)C)NC(C)CC(=O)C1=C(C)CCCC1(C)C. The molecule has 0 aromatic carbocycles. The number of allylic oxidation sites excluding steroid dienone is 4. The van der Waals surface area contributed by atoms with Gasteiger partial charge in [-0.1, -0.05) is 45.8 Å². The van der Waals surface area contributed by atoms with Gasteiger partial charge in [0.2, 0.25) is 0 Å². The van der Waals surface area contributed by atoms with E-state index < -0.39 is 6.04 Å². The van der Waals surface area contributed by atoms with E-state index in [-0.39, 0.29) is 39.7 Å². The van der Waals surface area contributed by atoms with Gasteiger partial charge in [-0.2, -0.15) is 11.8 Å². The predicted molar refractivity (Wildman–Crippen MR) is 155 cm³/mol. The first-order valence-corrected chi connectivity index (χ1v) is 15.3. The Morgan fingerprint density at radius 1 is 0.892 bits per heavy atom. The van der Waals surface area contributed by atoms with Crippen LogP contribution < -0.4 is 5.32 Å². The van der Waals surface area contributed by atoms with Gasteiger partial charge in [0.05, 0.1) is 6.61 Å². The average molecular weight is 534 g/mol. The number of esters is 1. The minimum atomic E-state index is -0.521. The number of carbonyl (C=O) groups excluding carboxylic acids is 3. The molecular formula is C31H51NO4S. The molecule has 5 nitrogen and oxygen atoms in total. The fourth-order valence-corrected chi connectivity index (χ4v) is 7.39. The lowest BCUT2D eigenvalue weighted by molar-refractivity contribution is -0.145. The number of Topliss-reactive ketones (excluding diaryl/α,β-unsaturated/α-hetero) is 2. The molecule has 0 aliphatic heterocycles. The monoisotopic (exact) mass is 533 g/mol. The molecule has 0 aromatic rings. The fraction of sp³-hybridized carbons (Fsp3) is 0.774. The van der Waals surface area contributed by atoms with Crippen LogP contribution in [0.3, 0.4) is 0 Å². The molecule has 3 unspecified atom stereocenters. The molecule has 0 spiro atoms. The summed E-state index contributed by atoms with van der Waals surface area (Å²) in [5.41, 5.74) is 4.25. The van der Waals surface area contributed by atoms with Gasteiger partial charge in [0, 0.05) is 29.9 Å². The minimum Gasteiger partial charge on any atom is -0.465 e. The van der Waals surface area contributed by atoms with Gasteiger partial charge < -0.3 is 10.1 Å². The Labute approximate surface area is 230 Å². The predicted octanol–water partition coefficient (Wildman–Crippen LogP) is 6.99. The summed E-state index contributed by atoms with van der Waals surface area (Å²) in [6, 6.07) is -0.680. The Bertz CT molecular complexity index is 914. The molecule has 0 saturated heterocycles. The molecule has 2 aliphatic rings.